The molecule has 0 radical (unpaired) electrons. The molecule has 0 spiro atoms. The summed E-state index contributed by atoms with van der Waals surface area (Å²) in [5.41, 5.74) is 8.37. The number of hydrogen-bond donors (Lipinski definition) is 1. The van der Waals surface area contributed by atoms with Crippen molar-refractivity contribution in [2.75, 3.05) is 5.73 Å². The lowest BCUT2D eigenvalue weighted by molar-refractivity contribution is 0.647. The predicted octanol–water partition coefficient (Wildman–Crippen LogP) is 0.556. The van der Waals surface area contributed by atoms with Crippen LogP contribution >= 0.6 is 0 Å². The molecule has 0 saturated carbocycles. The number of nitrogens with two attached hydrogens (primary N) is 1. The van der Waals surface area contributed by atoms with Gasteiger partial charge in [0.2, 0.25) is 0 Å². The molecule has 14 heavy (non-hydrogen) atoms. The van der Waals surface area contributed by atoms with Crippen molar-refractivity contribution in [2.24, 2.45) is 7.05 Å². The van der Waals surface area contributed by atoms with Crippen molar-refractivity contribution in [2.45, 2.75) is 13.5 Å². The molecule has 5 heteroatoms. The summed E-state index contributed by atoms with van der Waals surface area (Å²) in [6, 6.07) is 2.04. The van der Waals surface area contributed by atoms with Crippen LogP contribution in [0.4, 0.5) is 5.69 Å². The Morgan fingerprint density at radius 2 is 2.29 bits per heavy atom. The fourth-order valence-electron chi connectivity index (χ4n) is 1.34. The van der Waals surface area contributed by atoms with Crippen LogP contribution in [0.2, 0.25) is 0 Å². The van der Waals surface area contributed by atoms with Gasteiger partial charge < -0.3 is 5.73 Å². The number of anilines is 1. The number of aryl methyl sites for hydroxylation is 2. The smallest absolute Gasteiger partial charge is 0.0850 e. The van der Waals surface area contributed by atoms with Gasteiger partial charge in [-0.15, -0.1) is 0 Å². The van der Waals surface area contributed by atoms with Crippen LogP contribution < -0.4 is 5.73 Å². The van der Waals surface area contributed by atoms with E-state index in [-0.39, 0.29) is 0 Å². The van der Waals surface area contributed by atoms with E-state index < -0.39 is 0 Å². The zero-order valence-corrected chi connectivity index (χ0v) is 8.31. The van der Waals surface area contributed by atoms with Crippen molar-refractivity contribution < 1.29 is 0 Å². The number of hydrogen-bond acceptors (Lipinski definition) is 3. The van der Waals surface area contributed by atoms with Gasteiger partial charge in [0, 0.05) is 18.9 Å². The van der Waals surface area contributed by atoms with Crippen LogP contribution in [0.5, 0.6) is 0 Å². The van der Waals surface area contributed by atoms with Gasteiger partial charge in [-0.1, -0.05) is 0 Å². The van der Waals surface area contributed by atoms with Gasteiger partial charge in [-0.3, -0.25) is 9.36 Å². The molecule has 0 aliphatic rings. The molecule has 0 aliphatic carbocycles. The topological polar surface area (TPSA) is 61.7 Å². The van der Waals surface area contributed by atoms with Crippen LogP contribution in [0.15, 0.2) is 18.5 Å². The Morgan fingerprint density at radius 3 is 2.79 bits per heavy atom. The van der Waals surface area contributed by atoms with E-state index in [0.29, 0.717) is 12.2 Å². The maximum absolute atomic E-state index is 5.56. The molecular formula is C9H13N5. The highest BCUT2D eigenvalue weighted by molar-refractivity contribution is 5.30. The first-order valence-electron chi connectivity index (χ1n) is 4.42. The van der Waals surface area contributed by atoms with Gasteiger partial charge in [-0.2, -0.15) is 10.2 Å². The number of nitrogens with zero attached hydrogens (tertiary/aromatic N) is 4. The Hall–Kier alpha value is -1.78. The lowest BCUT2D eigenvalue weighted by atomic mass is 10.4. The molecule has 0 aliphatic heterocycles. The molecule has 0 amide bonds. The first kappa shape index (κ1) is 8.80. The molecule has 5 nitrogen and oxygen atoms in total. The third kappa shape index (κ3) is 1.61. The van der Waals surface area contributed by atoms with Crippen LogP contribution in [0.1, 0.15) is 11.4 Å². The monoisotopic (exact) mass is 191 g/mol. The van der Waals surface area contributed by atoms with Crippen LogP contribution in [-0.2, 0) is 13.6 Å². The summed E-state index contributed by atoms with van der Waals surface area (Å²) in [5, 5.41) is 8.42. The molecule has 2 rings (SSSR count). The second kappa shape index (κ2) is 3.17. The van der Waals surface area contributed by atoms with Crippen LogP contribution in [0, 0.1) is 6.92 Å². The molecule has 74 valence electrons. The van der Waals surface area contributed by atoms with Crippen LogP contribution in [-0.4, -0.2) is 19.6 Å². The molecule has 2 N–H and O–H groups in total. The Balaban J connectivity index is 2.18. The van der Waals surface area contributed by atoms with E-state index in [9.17, 15) is 0 Å². The Kier molecular flexibility index (Phi) is 1.99. The highest BCUT2D eigenvalue weighted by atomic mass is 15.3. The van der Waals surface area contributed by atoms with Crippen molar-refractivity contribution in [3.8, 4) is 0 Å². The molecule has 2 aromatic heterocycles. The number of aromatic nitrogens is 4. The first-order valence-corrected chi connectivity index (χ1v) is 4.42. The largest absolute Gasteiger partial charge is 0.396 e. The summed E-state index contributed by atoms with van der Waals surface area (Å²) in [7, 11) is 1.93. The molecule has 0 atom stereocenters. The fourth-order valence-corrected chi connectivity index (χ4v) is 1.34. The molecular weight excluding hydrogens is 178 g/mol. The average molecular weight is 191 g/mol. The summed E-state index contributed by atoms with van der Waals surface area (Å²) in [6.45, 7) is 2.69. The van der Waals surface area contributed by atoms with Crippen LogP contribution in [0.3, 0.4) is 0 Å². The van der Waals surface area contributed by atoms with E-state index in [2.05, 4.69) is 10.2 Å². The molecule has 0 bridgehead atoms. The third-order valence-corrected chi connectivity index (χ3v) is 2.14. The molecule has 0 fully saturated rings. The normalized spacial score (nSPS) is 10.7. The summed E-state index contributed by atoms with van der Waals surface area (Å²) < 4.78 is 3.62. The Labute approximate surface area is 82.1 Å². The Bertz CT molecular complexity index is 420. The average Bonchev–Trinajstić information content (AvgIpc) is 2.62. The standard InChI is InChI=1S/C9H13N5/c1-7-3-9(12-13(7)2)6-14-5-8(10)4-11-14/h3-5H,6,10H2,1-2H3. The Morgan fingerprint density at radius 1 is 1.50 bits per heavy atom. The molecule has 0 aromatic carbocycles. The second-order valence-electron chi connectivity index (χ2n) is 3.37. The van der Waals surface area contributed by atoms with Crippen molar-refractivity contribution in [3.05, 3.63) is 29.8 Å². The fraction of sp³-hybridized carbons (Fsp3) is 0.333. The molecule has 0 saturated heterocycles. The van der Waals surface area contributed by atoms with E-state index in [4.69, 9.17) is 5.73 Å². The zero-order valence-electron chi connectivity index (χ0n) is 8.31. The van der Waals surface area contributed by atoms with E-state index in [1.165, 1.54) is 0 Å². The first-order chi connectivity index (χ1) is 6.65. The highest BCUT2D eigenvalue weighted by Crippen LogP contribution is 2.05. The van der Waals surface area contributed by atoms with Gasteiger partial charge in [0.1, 0.15) is 0 Å². The van der Waals surface area contributed by atoms with Crippen molar-refractivity contribution in [1.29, 1.82) is 0 Å². The molecule has 2 aromatic rings. The lowest BCUT2D eigenvalue weighted by Gasteiger charge is -1.95. The number of nitrogen functional groups attached to an aromatic ring is 1. The van der Waals surface area contributed by atoms with Crippen molar-refractivity contribution in [1.82, 2.24) is 19.6 Å². The maximum Gasteiger partial charge on any atom is 0.0850 e. The van der Waals surface area contributed by atoms with E-state index in [0.717, 1.165) is 11.4 Å². The summed E-state index contributed by atoms with van der Waals surface area (Å²) >= 11 is 0. The minimum atomic E-state index is 0.666. The SMILES string of the molecule is Cc1cc(Cn2cc(N)cn2)nn1C. The third-order valence-electron chi connectivity index (χ3n) is 2.14. The summed E-state index contributed by atoms with van der Waals surface area (Å²) in [5.74, 6) is 0. The molecule has 0 unspecified atom stereocenters. The zero-order chi connectivity index (χ0) is 10.1. The number of rotatable bonds is 2. The van der Waals surface area contributed by atoms with E-state index in [1.807, 2.05) is 24.7 Å². The van der Waals surface area contributed by atoms with Gasteiger partial charge in [0.15, 0.2) is 0 Å². The quantitative estimate of drug-likeness (QED) is 0.754. The predicted molar refractivity (Wildman–Crippen MR) is 53.7 cm³/mol. The van der Waals surface area contributed by atoms with Crippen molar-refractivity contribution in [3.63, 3.8) is 0 Å². The minimum Gasteiger partial charge on any atom is -0.396 e. The van der Waals surface area contributed by atoms with Crippen LogP contribution in [0.25, 0.3) is 0 Å². The lowest BCUT2D eigenvalue weighted by Crippen LogP contribution is -2.01. The molecule has 2 heterocycles. The summed E-state index contributed by atoms with van der Waals surface area (Å²) in [6.07, 6.45) is 3.43. The van der Waals surface area contributed by atoms with Gasteiger partial charge in [0.05, 0.1) is 24.1 Å². The van der Waals surface area contributed by atoms with Gasteiger partial charge in [-0.05, 0) is 13.0 Å². The maximum atomic E-state index is 5.56. The van der Waals surface area contributed by atoms with Gasteiger partial charge in [-0.25, -0.2) is 0 Å². The minimum absolute atomic E-state index is 0.666. The van der Waals surface area contributed by atoms with E-state index >= 15 is 0 Å². The van der Waals surface area contributed by atoms with Gasteiger partial charge in [0.25, 0.3) is 0 Å². The van der Waals surface area contributed by atoms with E-state index in [1.54, 1.807) is 17.1 Å². The highest BCUT2D eigenvalue weighted by Gasteiger charge is 2.02. The second-order valence-corrected chi connectivity index (χ2v) is 3.37. The summed E-state index contributed by atoms with van der Waals surface area (Å²) in [4.78, 5) is 0. The van der Waals surface area contributed by atoms with Crippen molar-refractivity contribution >= 4 is 5.69 Å². The van der Waals surface area contributed by atoms with Gasteiger partial charge >= 0.3 is 0 Å².